The minimum atomic E-state index is -0.524. The lowest BCUT2D eigenvalue weighted by molar-refractivity contribution is -0.159. The number of hydrogen-bond donors (Lipinski definition) is 0. The maximum atomic E-state index is 12.6. The van der Waals surface area contributed by atoms with Crippen LogP contribution >= 0.6 is 0 Å². The fourth-order valence-electron chi connectivity index (χ4n) is 2.72. The molecule has 4 nitrogen and oxygen atoms in total. The average molecular weight is 303 g/mol. The molecule has 120 valence electrons. The van der Waals surface area contributed by atoms with Crippen LogP contribution in [0.2, 0.25) is 0 Å². The summed E-state index contributed by atoms with van der Waals surface area (Å²) in [5.74, 6) is -0.777. The van der Waals surface area contributed by atoms with Gasteiger partial charge in [0.05, 0.1) is 11.8 Å². The topological polar surface area (TPSA) is 46.6 Å². The number of hydrogen-bond acceptors (Lipinski definition) is 3. The zero-order chi connectivity index (χ0) is 16.1. The number of amides is 1. The number of carbonyl (C=O) groups excluding carboxylic acids is 2. The third-order valence-electron chi connectivity index (χ3n) is 4.10. The summed E-state index contributed by atoms with van der Waals surface area (Å²) in [5, 5.41) is 0. The normalized spacial score (nSPS) is 17.4. The van der Waals surface area contributed by atoms with Gasteiger partial charge in [-0.25, -0.2) is 0 Å². The van der Waals surface area contributed by atoms with Gasteiger partial charge in [-0.15, -0.1) is 0 Å². The largest absolute Gasteiger partial charge is 0.456 e. The molecule has 1 heterocycles. The van der Waals surface area contributed by atoms with Gasteiger partial charge in [-0.2, -0.15) is 0 Å². The monoisotopic (exact) mass is 303 g/mol. The van der Waals surface area contributed by atoms with Crippen molar-refractivity contribution in [1.82, 2.24) is 4.90 Å². The van der Waals surface area contributed by atoms with E-state index in [-0.39, 0.29) is 23.7 Å². The molecule has 0 saturated carbocycles. The van der Waals surface area contributed by atoms with Gasteiger partial charge in [-0.05, 0) is 25.3 Å². The maximum Gasteiger partial charge on any atom is 0.309 e. The number of nitrogens with zero attached hydrogens (tertiary/aromatic N) is 1. The summed E-state index contributed by atoms with van der Waals surface area (Å²) in [7, 11) is 0. The van der Waals surface area contributed by atoms with Gasteiger partial charge in [-0.3, -0.25) is 9.59 Å². The predicted octanol–water partition coefficient (Wildman–Crippen LogP) is 3.19. The van der Waals surface area contributed by atoms with Crippen LogP contribution in [-0.2, 0) is 14.3 Å². The number of ether oxygens (including phenoxy) is 1. The summed E-state index contributed by atoms with van der Waals surface area (Å²) >= 11 is 0. The van der Waals surface area contributed by atoms with Crippen molar-refractivity contribution in [2.24, 2.45) is 11.8 Å². The average Bonchev–Trinajstić information content (AvgIpc) is 3.06. The highest BCUT2D eigenvalue weighted by molar-refractivity contribution is 5.80. The van der Waals surface area contributed by atoms with Crippen LogP contribution in [0.1, 0.15) is 45.3 Å². The van der Waals surface area contributed by atoms with E-state index < -0.39 is 6.10 Å². The van der Waals surface area contributed by atoms with Crippen LogP contribution in [0.3, 0.4) is 0 Å². The number of carbonyl (C=O) groups is 2. The molecule has 0 aromatic heterocycles. The number of benzene rings is 1. The van der Waals surface area contributed by atoms with Crippen molar-refractivity contribution in [1.29, 1.82) is 0 Å². The fourth-order valence-corrected chi connectivity index (χ4v) is 2.72. The van der Waals surface area contributed by atoms with Crippen molar-refractivity contribution in [3.8, 4) is 0 Å². The Bertz CT molecular complexity index is 506. The molecule has 2 rings (SSSR count). The number of likely N-dealkylation sites (tertiary alicyclic amines) is 1. The van der Waals surface area contributed by atoms with Crippen molar-refractivity contribution in [2.75, 3.05) is 13.1 Å². The lowest BCUT2D eigenvalue weighted by Gasteiger charge is -2.28. The molecule has 1 amide bonds. The smallest absolute Gasteiger partial charge is 0.309 e. The minimum Gasteiger partial charge on any atom is -0.456 e. The highest BCUT2D eigenvalue weighted by Gasteiger charge is 2.33. The van der Waals surface area contributed by atoms with Crippen LogP contribution in [0, 0.1) is 11.8 Å². The van der Waals surface area contributed by atoms with Crippen LogP contribution in [0.25, 0.3) is 0 Å². The molecule has 0 N–H and O–H groups in total. The summed E-state index contributed by atoms with van der Waals surface area (Å²) in [4.78, 5) is 26.6. The van der Waals surface area contributed by atoms with Gasteiger partial charge < -0.3 is 9.64 Å². The Kier molecular flexibility index (Phi) is 5.58. The second-order valence-corrected chi connectivity index (χ2v) is 6.24. The molecule has 2 atom stereocenters. The molecule has 0 radical (unpaired) electrons. The first-order valence-electron chi connectivity index (χ1n) is 8.05. The highest BCUT2D eigenvalue weighted by atomic mass is 16.5. The highest BCUT2D eigenvalue weighted by Crippen LogP contribution is 2.29. The van der Waals surface area contributed by atoms with Gasteiger partial charge in [0.2, 0.25) is 5.91 Å². The second kappa shape index (κ2) is 7.43. The molecule has 1 fully saturated rings. The predicted molar refractivity (Wildman–Crippen MR) is 85.1 cm³/mol. The Balaban J connectivity index is 2.19. The molecule has 4 heteroatoms. The number of esters is 1. The van der Waals surface area contributed by atoms with Gasteiger partial charge in [0, 0.05) is 13.1 Å². The van der Waals surface area contributed by atoms with E-state index in [4.69, 9.17) is 4.74 Å². The summed E-state index contributed by atoms with van der Waals surface area (Å²) in [5.41, 5.74) is 0.872. The van der Waals surface area contributed by atoms with E-state index in [1.807, 2.05) is 42.2 Å². The molecule has 0 bridgehead atoms. The molecule has 22 heavy (non-hydrogen) atoms. The Morgan fingerprint density at radius 2 is 1.64 bits per heavy atom. The minimum absolute atomic E-state index is 0.0721. The van der Waals surface area contributed by atoms with Crippen molar-refractivity contribution < 1.29 is 14.3 Å². The van der Waals surface area contributed by atoms with E-state index in [1.165, 1.54) is 0 Å². The lowest BCUT2D eigenvalue weighted by Crippen LogP contribution is -2.36. The van der Waals surface area contributed by atoms with E-state index in [0.29, 0.717) is 0 Å². The third-order valence-corrected chi connectivity index (χ3v) is 4.10. The molecule has 1 saturated heterocycles. The van der Waals surface area contributed by atoms with Crippen LogP contribution < -0.4 is 0 Å². The first kappa shape index (κ1) is 16.5. The first-order valence-corrected chi connectivity index (χ1v) is 8.05. The summed E-state index contributed by atoms with van der Waals surface area (Å²) in [6.45, 7) is 7.08. The molecule has 0 unspecified atom stereocenters. The number of rotatable bonds is 5. The van der Waals surface area contributed by atoms with Crippen LogP contribution in [0.5, 0.6) is 0 Å². The van der Waals surface area contributed by atoms with E-state index in [1.54, 1.807) is 13.8 Å². The third kappa shape index (κ3) is 3.87. The van der Waals surface area contributed by atoms with Crippen molar-refractivity contribution >= 4 is 11.9 Å². The molecule has 1 aliphatic rings. The summed E-state index contributed by atoms with van der Waals surface area (Å²) in [6.07, 6.45) is 1.59. The van der Waals surface area contributed by atoms with Crippen LogP contribution in [-0.4, -0.2) is 29.9 Å². The van der Waals surface area contributed by atoms with Crippen LogP contribution in [0.4, 0.5) is 0 Å². The standard InChI is InChI=1S/C18H25NO3/c1-13(2)18(21)22-16(15-9-5-4-6-10-15)14(3)17(20)19-11-7-8-12-19/h4-6,9-10,13-14,16H,7-8,11-12H2,1-3H3/t14-,16+/m0/s1. The second-order valence-electron chi connectivity index (χ2n) is 6.24. The van der Waals surface area contributed by atoms with Gasteiger partial charge in [0.25, 0.3) is 0 Å². The van der Waals surface area contributed by atoms with E-state index >= 15 is 0 Å². The molecular formula is C18H25NO3. The quantitative estimate of drug-likeness (QED) is 0.785. The Morgan fingerprint density at radius 3 is 2.18 bits per heavy atom. The van der Waals surface area contributed by atoms with E-state index in [9.17, 15) is 9.59 Å². The zero-order valence-electron chi connectivity index (χ0n) is 13.6. The summed E-state index contributed by atoms with van der Waals surface area (Å²) < 4.78 is 5.65. The summed E-state index contributed by atoms with van der Waals surface area (Å²) in [6, 6.07) is 9.53. The molecular weight excluding hydrogens is 278 g/mol. The first-order chi connectivity index (χ1) is 10.5. The molecule has 0 aliphatic carbocycles. The van der Waals surface area contributed by atoms with E-state index in [0.717, 1.165) is 31.5 Å². The zero-order valence-corrected chi connectivity index (χ0v) is 13.6. The SMILES string of the molecule is CC(C)C(=O)O[C@@H](c1ccccc1)[C@H](C)C(=O)N1CCCC1. The van der Waals surface area contributed by atoms with E-state index in [2.05, 4.69) is 0 Å². The fraction of sp³-hybridized carbons (Fsp3) is 0.556. The van der Waals surface area contributed by atoms with Crippen LogP contribution in [0.15, 0.2) is 30.3 Å². The van der Waals surface area contributed by atoms with Crippen molar-refractivity contribution in [2.45, 2.75) is 39.7 Å². The molecule has 1 aliphatic heterocycles. The molecule has 1 aromatic rings. The van der Waals surface area contributed by atoms with Crippen molar-refractivity contribution in [3.05, 3.63) is 35.9 Å². The van der Waals surface area contributed by atoms with Gasteiger partial charge >= 0.3 is 5.97 Å². The van der Waals surface area contributed by atoms with Crippen molar-refractivity contribution in [3.63, 3.8) is 0 Å². The van der Waals surface area contributed by atoms with Gasteiger partial charge in [0.1, 0.15) is 6.10 Å². The Hall–Kier alpha value is -1.84. The Labute approximate surface area is 132 Å². The molecule has 0 spiro atoms. The van der Waals surface area contributed by atoms with Gasteiger partial charge in [-0.1, -0.05) is 44.2 Å². The van der Waals surface area contributed by atoms with Gasteiger partial charge in [0.15, 0.2) is 0 Å². The lowest BCUT2D eigenvalue weighted by atomic mass is 9.95. The molecule has 1 aromatic carbocycles. The maximum absolute atomic E-state index is 12.6. The Morgan fingerprint density at radius 1 is 1.05 bits per heavy atom.